The summed E-state index contributed by atoms with van der Waals surface area (Å²) in [6, 6.07) is 10.2. The van der Waals surface area contributed by atoms with Gasteiger partial charge in [0.25, 0.3) is 0 Å². The lowest BCUT2D eigenvalue weighted by molar-refractivity contribution is -0.137. The van der Waals surface area contributed by atoms with Gasteiger partial charge in [0.2, 0.25) is 5.56 Å². The molecule has 1 aromatic heterocycles. The monoisotopic (exact) mass is 454 g/mol. The van der Waals surface area contributed by atoms with E-state index in [1.54, 1.807) is 26.4 Å². The second kappa shape index (κ2) is 9.62. The Morgan fingerprint density at radius 1 is 1.09 bits per heavy atom. The van der Waals surface area contributed by atoms with Gasteiger partial charge in [0.05, 0.1) is 25.8 Å². The van der Waals surface area contributed by atoms with Crippen molar-refractivity contribution in [3.63, 3.8) is 0 Å². The van der Waals surface area contributed by atoms with Crippen molar-refractivity contribution in [2.45, 2.75) is 25.0 Å². The minimum Gasteiger partial charge on any atom is -0.493 e. The van der Waals surface area contributed by atoms with Crippen molar-refractivity contribution in [2.75, 3.05) is 27.4 Å². The van der Waals surface area contributed by atoms with E-state index in [-0.39, 0.29) is 29.4 Å². The zero-order valence-electron chi connectivity index (χ0n) is 18.4. The summed E-state index contributed by atoms with van der Waals surface area (Å²) in [7, 11) is 3.22. The predicted molar refractivity (Wildman–Crippen MR) is 121 cm³/mol. The highest BCUT2D eigenvalue weighted by atomic mass is 16.5. The van der Waals surface area contributed by atoms with Crippen LogP contribution in [0, 0.1) is 0 Å². The lowest BCUT2D eigenvalue weighted by Crippen LogP contribution is -2.33. The smallest absolute Gasteiger partial charge is 0.337 e. The third-order valence-electron chi connectivity index (χ3n) is 5.84. The molecule has 2 aromatic carbocycles. The maximum absolute atomic E-state index is 11.8. The number of methoxy groups -OCH3 is 2. The number of aliphatic hydroxyl groups excluding tert-OH is 2. The van der Waals surface area contributed by atoms with Gasteiger partial charge in [0.1, 0.15) is 6.61 Å². The average molecular weight is 454 g/mol. The van der Waals surface area contributed by atoms with Crippen LogP contribution in [-0.4, -0.2) is 54.6 Å². The quantitative estimate of drug-likeness (QED) is 0.295. The first kappa shape index (κ1) is 22.8. The molecule has 9 heteroatoms. The molecular formula is C24H26N2O7. The van der Waals surface area contributed by atoms with Crippen molar-refractivity contribution in [3.8, 4) is 17.2 Å². The summed E-state index contributed by atoms with van der Waals surface area (Å²) in [4.78, 5) is 26.0. The molecule has 1 aliphatic carbocycles. The first-order chi connectivity index (χ1) is 15.9. The number of carbonyl (C=O) groups excluding carboxylic acids is 1. The molecule has 0 radical (unpaired) electrons. The number of aromatic nitrogens is 1. The molecule has 1 aliphatic rings. The molecule has 0 saturated carbocycles. The Kier molecular flexibility index (Phi) is 6.64. The summed E-state index contributed by atoms with van der Waals surface area (Å²) in [6.07, 6.45) is 0.729. The molecule has 0 amide bonds. The highest BCUT2D eigenvalue weighted by molar-refractivity contribution is 5.90. The molecule has 0 aliphatic heterocycles. The fourth-order valence-electron chi connectivity index (χ4n) is 4.26. The lowest BCUT2D eigenvalue weighted by atomic mass is 10.0. The fraction of sp³-hybridized carbons (Fsp3) is 0.333. The highest BCUT2D eigenvalue weighted by Crippen LogP contribution is 2.35. The summed E-state index contributed by atoms with van der Waals surface area (Å²) in [5.41, 5.74) is 2.85. The zero-order valence-corrected chi connectivity index (χ0v) is 18.4. The number of hydrogen-bond donors (Lipinski definition) is 4. The highest BCUT2D eigenvalue weighted by Gasteiger charge is 2.25. The van der Waals surface area contributed by atoms with Gasteiger partial charge >= 0.3 is 5.97 Å². The minimum absolute atomic E-state index is 0.111. The van der Waals surface area contributed by atoms with E-state index in [1.165, 1.54) is 23.3 Å². The Morgan fingerprint density at radius 2 is 1.76 bits per heavy atom. The molecule has 3 aromatic rings. The molecule has 33 heavy (non-hydrogen) atoms. The van der Waals surface area contributed by atoms with Crippen LogP contribution in [0.1, 0.15) is 22.8 Å². The van der Waals surface area contributed by atoms with E-state index in [0.717, 1.165) is 12.8 Å². The molecular weight excluding hydrogens is 428 g/mol. The normalized spacial score (nSPS) is 14.2. The van der Waals surface area contributed by atoms with Crippen LogP contribution < -0.4 is 25.1 Å². The van der Waals surface area contributed by atoms with Gasteiger partial charge in [-0.05, 0) is 53.8 Å². The van der Waals surface area contributed by atoms with Crippen molar-refractivity contribution in [1.29, 1.82) is 0 Å². The second-order valence-electron chi connectivity index (χ2n) is 7.90. The van der Waals surface area contributed by atoms with Gasteiger partial charge in [-0.15, -0.1) is 0 Å². The molecule has 0 saturated heterocycles. The van der Waals surface area contributed by atoms with Crippen LogP contribution in [0.15, 0.2) is 41.2 Å². The van der Waals surface area contributed by atoms with Gasteiger partial charge < -0.3 is 34.7 Å². The Bertz CT molecular complexity index is 1200. The van der Waals surface area contributed by atoms with Crippen LogP contribution in [0.25, 0.3) is 10.9 Å². The van der Waals surface area contributed by atoms with Crippen molar-refractivity contribution in [3.05, 3.63) is 63.4 Å². The number of hydrogen-bond acceptors (Lipinski definition) is 8. The average Bonchev–Trinajstić information content (AvgIpc) is 3.23. The number of esters is 1. The van der Waals surface area contributed by atoms with Crippen molar-refractivity contribution in [1.82, 2.24) is 10.3 Å². The van der Waals surface area contributed by atoms with Crippen LogP contribution >= 0.6 is 0 Å². The van der Waals surface area contributed by atoms with Crippen LogP contribution in [0.5, 0.6) is 17.2 Å². The van der Waals surface area contributed by atoms with E-state index in [2.05, 4.69) is 10.3 Å². The van der Waals surface area contributed by atoms with Gasteiger partial charge in [-0.3, -0.25) is 4.79 Å². The van der Waals surface area contributed by atoms with Crippen LogP contribution in [0.2, 0.25) is 0 Å². The second-order valence-corrected chi connectivity index (χ2v) is 7.90. The number of fused-ring (bicyclic) bond motifs is 2. The van der Waals surface area contributed by atoms with E-state index in [1.807, 2.05) is 12.1 Å². The molecule has 9 nitrogen and oxygen atoms in total. The molecule has 1 atom stereocenters. The van der Waals surface area contributed by atoms with E-state index < -0.39 is 18.7 Å². The SMILES string of the molecule is COc1cc2c(cc1OC)CC(NCC(O)c1ccc(OC(=O)CO)c3[nH]c(=O)ccc13)C2. The number of pyridine rings is 1. The molecule has 0 spiro atoms. The number of aliphatic hydroxyl groups is 2. The number of rotatable bonds is 8. The van der Waals surface area contributed by atoms with Gasteiger partial charge in [-0.1, -0.05) is 6.07 Å². The zero-order chi connectivity index (χ0) is 23.5. The number of benzene rings is 2. The molecule has 1 heterocycles. The van der Waals surface area contributed by atoms with Crippen molar-refractivity contribution >= 4 is 16.9 Å². The predicted octanol–water partition coefficient (Wildman–Crippen LogP) is 1.23. The number of aromatic amines is 1. The molecule has 0 bridgehead atoms. The molecule has 4 N–H and O–H groups in total. The molecule has 174 valence electrons. The molecule has 0 fully saturated rings. The third kappa shape index (κ3) is 4.70. The number of carbonyl (C=O) groups is 1. The van der Waals surface area contributed by atoms with Crippen molar-refractivity contribution < 1.29 is 29.2 Å². The summed E-state index contributed by atoms with van der Waals surface area (Å²) >= 11 is 0. The largest absolute Gasteiger partial charge is 0.493 e. The first-order valence-electron chi connectivity index (χ1n) is 10.6. The van der Waals surface area contributed by atoms with E-state index in [0.29, 0.717) is 22.4 Å². The summed E-state index contributed by atoms with van der Waals surface area (Å²) in [5, 5.41) is 23.8. The third-order valence-corrected chi connectivity index (χ3v) is 5.84. The number of nitrogens with one attached hydrogen (secondary N) is 2. The van der Waals surface area contributed by atoms with E-state index in [4.69, 9.17) is 19.3 Å². The number of ether oxygens (including phenoxy) is 3. The summed E-state index contributed by atoms with van der Waals surface area (Å²) < 4.78 is 15.9. The standard InChI is InChI=1S/C24H26N2O7/c1-31-20-9-13-7-15(8-14(13)10-21(20)32-2)25-11-18(28)16-3-5-19(33-23(30)12-27)24-17(16)4-6-22(29)26-24/h3-6,9-10,15,18,25,27-28H,7-8,11-12H2,1-2H3,(H,26,29). The van der Waals surface area contributed by atoms with Gasteiger partial charge in [-0.25, -0.2) is 4.79 Å². The minimum atomic E-state index is -0.867. The summed E-state index contributed by atoms with van der Waals surface area (Å²) in [5.74, 6) is 0.656. The van der Waals surface area contributed by atoms with E-state index >= 15 is 0 Å². The fourth-order valence-corrected chi connectivity index (χ4v) is 4.26. The topological polar surface area (TPSA) is 130 Å². The maximum Gasteiger partial charge on any atom is 0.337 e. The first-order valence-corrected chi connectivity index (χ1v) is 10.6. The number of H-pyrrole nitrogens is 1. The summed E-state index contributed by atoms with van der Waals surface area (Å²) in [6.45, 7) is -0.495. The van der Waals surface area contributed by atoms with Gasteiger partial charge in [0.15, 0.2) is 17.2 Å². The van der Waals surface area contributed by atoms with Crippen LogP contribution in [0.4, 0.5) is 0 Å². The molecule has 4 rings (SSSR count). The van der Waals surface area contributed by atoms with E-state index in [9.17, 15) is 14.7 Å². The van der Waals surface area contributed by atoms with Crippen LogP contribution in [0.3, 0.4) is 0 Å². The Hall–Kier alpha value is -3.40. The molecule has 1 unspecified atom stereocenters. The Morgan fingerprint density at radius 3 is 2.36 bits per heavy atom. The van der Waals surface area contributed by atoms with Gasteiger partial charge in [0, 0.05) is 24.0 Å². The van der Waals surface area contributed by atoms with Crippen LogP contribution in [-0.2, 0) is 17.6 Å². The Balaban J connectivity index is 1.50. The Labute approximate surface area is 189 Å². The lowest BCUT2D eigenvalue weighted by Gasteiger charge is -2.19. The van der Waals surface area contributed by atoms with Crippen molar-refractivity contribution in [2.24, 2.45) is 0 Å². The maximum atomic E-state index is 11.8. The van der Waals surface area contributed by atoms with Gasteiger partial charge in [-0.2, -0.15) is 0 Å².